The predicted molar refractivity (Wildman–Crippen MR) is 134 cm³/mol. The van der Waals surface area contributed by atoms with E-state index in [1.165, 1.54) is 12.0 Å². The average Bonchev–Trinajstić information content (AvgIpc) is 3.43. The number of methoxy groups -OCH3 is 1. The van der Waals surface area contributed by atoms with Crippen molar-refractivity contribution in [2.75, 3.05) is 13.7 Å². The van der Waals surface area contributed by atoms with E-state index < -0.39 is 5.60 Å². The van der Waals surface area contributed by atoms with Crippen LogP contribution in [0.15, 0.2) is 59.1 Å². The Morgan fingerprint density at radius 2 is 1.89 bits per heavy atom. The second-order valence-electron chi connectivity index (χ2n) is 10.2. The molecule has 35 heavy (non-hydrogen) atoms. The van der Waals surface area contributed by atoms with Gasteiger partial charge in [0.1, 0.15) is 0 Å². The van der Waals surface area contributed by atoms with Crippen LogP contribution in [0.25, 0.3) is 23.0 Å². The Morgan fingerprint density at radius 3 is 2.54 bits per heavy atom. The number of aromatic nitrogens is 4. The summed E-state index contributed by atoms with van der Waals surface area (Å²) < 4.78 is 13.0. The molecule has 4 aromatic rings. The van der Waals surface area contributed by atoms with Crippen molar-refractivity contribution in [1.82, 2.24) is 19.9 Å². The Hall–Kier alpha value is -3.29. The molecular formula is C28H32N4O3. The minimum atomic E-state index is -0.888. The summed E-state index contributed by atoms with van der Waals surface area (Å²) >= 11 is 0. The summed E-state index contributed by atoms with van der Waals surface area (Å²) in [6.45, 7) is 6.91. The molecule has 2 heterocycles. The van der Waals surface area contributed by atoms with Gasteiger partial charge in [0, 0.05) is 23.8 Å². The van der Waals surface area contributed by atoms with Crippen LogP contribution in [0.1, 0.15) is 55.5 Å². The summed E-state index contributed by atoms with van der Waals surface area (Å²) in [5.74, 6) is 0.942. The molecule has 1 saturated carbocycles. The van der Waals surface area contributed by atoms with Crippen molar-refractivity contribution in [2.24, 2.45) is 0 Å². The Kier molecular flexibility index (Phi) is 6.07. The fraction of sp³-hybridized carbons (Fsp3) is 0.393. The van der Waals surface area contributed by atoms with E-state index in [4.69, 9.17) is 14.4 Å². The first-order valence-corrected chi connectivity index (χ1v) is 12.1. The van der Waals surface area contributed by atoms with Crippen LogP contribution in [0.3, 0.4) is 0 Å². The van der Waals surface area contributed by atoms with Crippen LogP contribution in [0.2, 0.25) is 0 Å². The van der Waals surface area contributed by atoms with E-state index in [0.29, 0.717) is 24.0 Å². The third-order valence-corrected chi connectivity index (χ3v) is 7.08. The van der Waals surface area contributed by atoms with Gasteiger partial charge in [0.15, 0.2) is 5.69 Å². The molecule has 5 rings (SSSR count). The van der Waals surface area contributed by atoms with Gasteiger partial charge in [-0.2, -0.15) is 10.1 Å². The van der Waals surface area contributed by atoms with Crippen molar-refractivity contribution in [3.05, 3.63) is 77.0 Å². The number of benzene rings is 2. The molecule has 1 fully saturated rings. The van der Waals surface area contributed by atoms with Crippen molar-refractivity contribution in [2.45, 2.75) is 57.6 Å². The molecule has 0 atom stereocenters. The van der Waals surface area contributed by atoms with Gasteiger partial charge < -0.3 is 14.4 Å². The van der Waals surface area contributed by atoms with Crippen LogP contribution in [0.5, 0.6) is 0 Å². The van der Waals surface area contributed by atoms with E-state index in [1.54, 1.807) is 21.0 Å². The molecule has 0 amide bonds. The van der Waals surface area contributed by atoms with Gasteiger partial charge in [0.25, 0.3) is 5.89 Å². The average molecular weight is 473 g/mol. The highest BCUT2D eigenvalue weighted by molar-refractivity contribution is 5.59. The molecule has 0 spiro atoms. The van der Waals surface area contributed by atoms with Crippen LogP contribution < -0.4 is 0 Å². The van der Waals surface area contributed by atoms with Crippen molar-refractivity contribution in [3.8, 4) is 23.0 Å². The number of ether oxygens (including phenoxy) is 1. The third-order valence-electron chi connectivity index (χ3n) is 7.08. The van der Waals surface area contributed by atoms with Crippen LogP contribution in [0.4, 0.5) is 0 Å². The molecule has 182 valence electrons. The number of nitrogens with zero attached hydrogens (tertiary/aromatic N) is 4. The maximum Gasteiger partial charge on any atom is 0.278 e. The number of hydrogen-bond acceptors (Lipinski definition) is 6. The highest BCUT2D eigenvalue weighted by Crippen LogP contribution is 2.44. The first kappa shape index (κ1) is 23.5. The highest BCUT2D eigenvalue weighted by atomic mass is 16.5. The van der Waals surface area contributed by atoms with E-state index in [9.17, 15) is 5.11 Å². The molecule has 0 saturated heterocycles. The minimum Gasteiger partial charge on any atom is -0.386 e. The van der Waals surface area contributed by atoms with E-state index in [2.05, 4.69) is 34.4 Å². The van der Waals surface area contributed by atoms with E-state index in [0.717, 1.165) is 41.8 Å². The zero-order valence-corrected chi connectivity index (χ0v) is 20.8. The van der Waals surface area contributed by atoms with Gasteiger partial charge in [-0.15, -0.1) is 0 Å². The molecule has 0 aliphatic heterocycles. The summed E-state index contributed by atoms with van der Waals surface area (Å²) in [4.78, 5) is 4.61. The van der Waals surface area contributed by atoms with Gasteiger partial charge in [-0.3, -0.25) is 4.68 Å². The molecule has 0 bridgehead atoms. The summed E-state index contributed by atoms with van der Waals surface area (Å²) in [6.07, 6.45) is 3.57. The number of rotatable bonds is 8. The molecule has 2 aromatic carbocycles. The summed E-state index contributed by atoms with van der Waals surface area (Å²) in [7, 11) is 1.77. The smallest absolute Gasteiger partial charge is 0.278 e. The molecule has 7 nitrogen and oxygen atoms in total. The van der Waals surface area contributed by atoms with E-state index in [1.807, 2.05) is 41.9 Å². The van der Waals surface area contributed by atoms with Gasteiger partial charge in [-0.25, -0.2) is 0 Å². The number of hydrogen-bond donors (Lipinski definition) is 1. The quantitative estimate of drug-likeness (QED) is 0.377. The summed E-state index contributed by atoms with van der Waals surface area (Å²) in [5.41, 5.74) is 5.04. The van der Waals surface area contributed by atoms with Crippen molar-refractivity contribution >= 4 is 0 Å². The van der Waals surface area contributed by atoms with Crippen LogP contribution >= 0.6 is 0 Å². The molecule has 0 unspecified atom stereocenters. The lowest BCUT2D eigenvalue weighted by atomic mass is 9.65. The second kappa shape index (κ2) is 9.06. The Bertz CT molecular complexity index is 1310. The fourth-order valence-electron chi connectivity index (χ4n) is 4.81. The third kappa shape index (κ3) is 4.66. The molecule has 0 radical (unpaired) electrons. The SMILES string of the molecule is COCC1(c2ccc(-c3noc(-c4cc(C)n(Cc5cccc(C(C)(C)O)c5)n4)n3)cc2)CCC1. The lowest BCUT2D eigenvalue weighted by Crippen LogP contribution is -2.38. The highest BCUT2D eigenvalue weighted by Gasteiger charge is 2.38. The molecule has 1 N–H and O–H groups in total. The van der Waals surface area contributed by atoms with Gasteiger partial charge in [0.05, 0.1) is 18.8 Å². The zero-order chi connectivity index (χ0) is 24.6. The fourth-order valence-corrected chi connectivity index (χ4v) is 4.81. The monoisotopic (exact) mass is 472 g/mol. The van der Waals surface area contributed by atoms with Crippen molar-refractivity contribution < 1.29 is 14.4 Å². The zero-order valence-electron chi connectivity index (χ0n) is 20.8. The topological polar surface area (TPSA) is 86.2 Å². The molecule has 2 aromatic heterocycles. The largest absolute Gasteiger partial charge is 0.386 e. The first-order valence-electron chi connectivity index (χ1n) is 12.1. The second-order valence-corrected chi connectivity index (χ2v) is 10.2. The van der Waals surface area contributed by atoms with E-state index >= 15 is 0 Å². The molecule has 1 aliphatic rings. The van der Waals surface area contributed by atoms with Gasteiger partial charge in [0.2, 0.25) is 5.82 Å². The Labute approximate surface area is 205 Å². The predicted octanol–water partition coefficient (Wildman–Crippen LogP) is 5.25. The standard InChI is InChI=1S/C28H32N4O3/c1-19-15-24(30-32(19)17-20-7-5-8-23(16-20)27(2,3)33)26-29-25(31-35-26)21-9-11-22(12-10-21)28(18-34-4)13-6-14-28/h5,7-12,15-16,33H,6,13-14,17-18H2,1-4H3. The van der Waals surface area contributed by atoms with Gasteiger partial charge >= 0.3 is 0 Å². The van der Waals surface area contributed by atoms with Crippen LogP contribution in [-0.4, -0.2) is 38.7 Å². The molecule has 1 aliphatic carbocycles. The van der Waals surface area contributed by atoms with Gasteiger partial charge in [-0.05, 0) is 56.4 Å². The normalized spacial score (nSPS) is 15.2. The summed E-state index contributed by atoms with van der Waals surface area (Å²) in [5, 5.41) is 19.2. The maximum atomic E-state index is 10.3. The van der Waals surface area contributed by atoms with Crippen LogP contribution in [-0.2, 0) is 22.3 Å². The summed E-state index contributed by atoms with van der Waals surface area (Å²) in [6, 6.07) is 18.3. The van der Waals surface area contributed by atoms with E-state index in [-0.39, 0.29) is 5.41 Å². The number of aryl methyl sites for hydroxylation is 1. The maximum absolute atomic E-state index is 10.3. The van der Waals surface area contributed by atoms with Crippen molar-refractivity contribution in [1.29, 1.82) is 0 Å². The minimum absolute atomic E-state index is 0.145. The Balaban J connectivity index is 1.34. The Morgan fingerprint density at radius 1 is 1.11 bits per heavy atom. The van der Waals surface area contributed by atoms with Crippen molar-refractivity contribution in [3.63, 3.8) is 0 Å². The molecule has 7 heteroatoms. The molecular weight excluding hydrogens is 440 g/mol. The first-order chi connectivity index (χ1) is 16.8. The van der Waals surface area contributed by atoms with Crippen LogP contribution in [0, 0.1) is 6.92 Å². The van der Waals surface area contributed by atoms with Gasteiger partial charge in [-0.1, -0.05) is 60.1 Å². The lowest BCUT2D eigenvalue weighted by molar-refractivity contribution is 0.0785. The lowest BCUT2D eigenvalue weighted by Gasteiger charge is -2.42. The number of aliphatic hydroxyl groups is 1.